The van der Waals surface area contributed by atoms with Crippen LogP contribution in [0.4, 0.5) is 0 Å². The van der Waals surface area contributed by atoms with E-state index in [1.54, 1.807) is 0 Å². The third-order valence-corrected chi connectivity index (χ3v) is 4.92. The molecule has 21 heavy (non-hydrogen) atoms. The topological polar surface area (TPSA) is 56.7 Å². The van der Waals surface area contributed by atoms with Crippen LogP contribution in [-0.2, 0) is 6.42 Å². The summed E-state index contributed by atoms with van der Waals surface area (Å²) < 4.78 is 2.29. The van der Waals surface area contributed by atoms with Crippen LogP contribution in [0.1, 0.15) is 57.8 Å². The van der Waals surface area contributed by atoms with Crippen LogP contribution in [0, 0.1) is 5.41 Å². The van der Waals surface area contributed by atoms with E-state index in [1.165, 1.54) is 32.1 Å². The third kappa shape index (κ3) is 2.69. The van der Waals surface area contributed by atoms with E-state index in [-0.39, 0.29) is 5.41 Å². The molecule has 1 fully saturated rings. The highest BCUT2D eigenvalue weighted by molar-refractivity contribution is 5.71. The smallest absolute Gasteiger partial charge is 0.160 e. The van der Waals surface area contributed by atoms with Crippen LogP contribution in [0.5, 0.6) is 0 Å². The molecule has 2 aromatic rings. The standard InChI is InChI=1S/C17H26N4/c1-13(2)21-15(20-14-7-6-10-19-16(14)21)11-17(12-18)8-4-3-5-9-17/h6-7,10,13H,3-5,8-9,11-12,18H2,1-2H3. The summed E-state index contributed by atoms with van der Waals surface area (Å²) in [6, 6.07) is 4.39. The van der Waals surface area contributed by atoms with Crippen molar-refractivity contribution in [2.45, 2.75) is 58.4 Å². The Kier molecular flexibility index (Phi) is 3.98. The van der Waals surface area contributed by atoms with E-state index in [4.69, 9.17) is 10.7 Å². The predicted octanol–water partition coefficient (Wildman–Crippen LogP) is 3.46. The van der Waals surface area contributed by atoms with Crippen molar-refractivity contribution in [1.29, 1.82) is 0 Å². The number of fused-ring (bicyclic) bond motifs is 1. The lowest BCUT2D eigenvalue weighted by Crippen LogP contribution is -2.36. The molecule has 2 N–H and O–H groups in total. The van der Waals surface area contributed by atoms with E-state index in [2.05, 4.69) is 29.5 Å². The molecule has 2 heterocycles. The van der Waals surface area contributed by atoms with Crippen LogP contribution in [0.2, 0.25) is 0 Å². The highest BCUT2D eigenvalue weighted by atomic mass is 15.1. The van der Waals surface area contributed by atoms with Crippen LogP contribution in [-0.4, -0.2) is 21.1 Å². The molecule has 0 bridgehead atoms. The molecule has 0 aliphatic heterocycles. The molecule has 1 aliphatic rings. The molecular weight excluding hydrogens is 260 g/mol. The maximum absolute atomic E-state index is 6.15. The molecule has 3 rings (SSSR count). The van der Waals surface area contributed by atoms with E-state index in [9.17, 15) is 0 Å². The minimum absolute atomic E-state index is 0.242. The largest absolute Gasteiger partial charge is 0.330 e. The molecule has 0 aromatic carbocycles. The SMILES string of the molecule is CC(C)n1c(CC2(CN)CCCCC2)nc2cccnc21. The second kappa shape index (κ2) is 5.76. The molecule has 2 aromatic heterocycles. The number of imidazole rings is 1. The van der Waals surface area contributed by atoms with Crippen LogP contribution in [0.3, 0.4) is 0 Å². The first kappa shape index (κ1) is 14.5. The van der Waals surface area contributed by atoms with Gasteiger partial charge in [-0.25, -0.2) is 9.97 Å². The summed E-state index contributed by atoms with van der Waals surface area (Å²) in [4.78, 5) is 9.40. The first-order chi connectivity index (χ1) is 10.2. The lowest BCUT2D eigenvalue weighted by molar-refractivity contribution is 0.191. The fourth-order valence-corrected chi connectivity index (χ4v) is 3.73. The molecular formula is C17H26N4. The fraction of sp³-hybridized carbons (Fsp3) is 0.647. The van der Waals surface area contributed by atoms with Crippen molar-refractivity contribution in [3.05, 3.63) is 24.2 Å². The number of pyridine rings is 1. The zero-order chi connectivity index (χ0) is 14.9. The van der Waals surface area contributed by atoms with Crippen molar-refractivity contribution >= 4 is 11.2 Å². The van der Waals surface area contributed by atoms with Gasteiger partial charge >= 0.3 is 0 Å². The molecule has 4 nitrogen and oxygen atoms in total. The van der Waals surface area contributed by atoms with Gasteiger partial charge in [0.25, 0.3) is 0 Å². The maximum atomic E-state index is 6.15. The molecule has 4 heteroatoms. The van der Waals surface area contributed by atoms with Gasteiger partial charge < -0.3 is 10.3 Å². The van der Waals surface area contributed by atoms with Gasteiger partial charge in [0.1, 0.15) is 11.3 Å². The zero-order valence-electron chi connectivity index (χ0n) is 13.2. The normalized spacial score (nSPS) is 18.5. The van der Waals surface area contributed by atoms with Gasteiger partial charge in [-0.05, 0) is 50.8 Å². The van der Waals surface area contributed by atoms with Gasteiger partial charge in [0.15, 0.2) is 5.65 Å². The lowest BCUT2D eigenvalue weighted by atomic mass is 9.71. The average molecular weight is 286 g/mol. The molecule has 0 saturated heterocycles. The molecule has 0 unspecified atom stereocenters. The summed E-state index contributed by atoms with van der Waals surface area (Å²) in [6.45, 7) is 5.17. The Morgan fingerprint density at radius 1 is 1.29 bits per heavy atom. The summed E-state index contributed by atoms with van der Waals surface area (Å²) in [5.41, 5.74) is 8.41. The van der Waals surface area contributed by atoms with E-state index >= 15 is 0 Å². The number of nitrogens with two attached hydrogens (primary N) is 1. The zero-order valence-corrected chi connectivity index (χ0v) is 13.2. The van der Waals surface area contributed by atoms with Gasteiger partial charge in [-0.15, -0.1) is 0 Å². The lowest BCUT2D eigenvalue weighted by Gasteiger charge is -2.36. The van der Waals surface area contributed by atoms with Crippen molar-refractivity contribution in [2.24, 2.45) is 11.1 Å². The predicted molar refractivity (Wildman–Crippen MR) is 86.2 cm³/mol. The number of aromatic nitrogens is 3. The summed E-state index contributed by atoms with van der Waals surface area (Å²) in [5.74, 6) is 1.16. The summed E-state index contributed by atoms with van der Waals surface area (Å²) in [5, 5.41) is 0. The molecule has 114 valence electrons. The Labute approximate surface area is 126 Å². The highest BCUT2D eigenvalue weighted by Gasteiger charge is 2.33. The van der Waals surface area contributed by atoms with E-state index in [1.807, 2.05) is 12.3 Å². The minimum atomic E-state index is 0.242. The first-order valence-electron chi connectivity index (χ1n) is 8.17. The van der Waals surface area contributed by atoms with E-state index in [0.717, 1.165) is 30.0 Å². The monoisotopic (exact) mass is 286 g/mol. The second-order valence-electron chi connectivity index (χ2n) is 6.78. The van der Waals surface area contributed by atoms with Crippen molar-refractivity contribution < 1.29 is 0 Å². The highest BCUT2D eigenvalue weighted by Crippen LogP contribution is 2.39. The molecule has 1 saturated carbocycles. The summed E-state index contributed by atoms with van der Waals surface area (Å²) >= 11 is 0. The summed E-state index contributed by atoms with van der Waals surface area (Å²) in [6.07, 6.45) is 9.26. The van der Waals surface area contributed by atoms with E-state index < -0.39 is 0 Å². The Bertz CT molecular complexity index is 608. The number of rotatable bonds is 4. The van der Waals surface area contributed by atoms with E-state index in [0.29, 0.717) is 6.04 Å². The Balaban J connectivity index is 2.01. The Morgan fingerprint density at radius 3 is 2.71 bits per heavy atom. The number of hydrogen-bond acceptors (Lipinski definition) is 3. The molecule has 0 spiro atoms. The van der Waals surface area contributed by atoms with Gasteiger partial charge in [0.2, 0.25) is 0 Å². The van der Waals surface area contributed by atoms with Crippen LogP contribution >= 0.6 is 0 Å². The Morgan fingerprint density at radius 2 is 2.05 bits per heavy atom. The molecule has 0 radical (unpaired) electrons. The van der Waals surface area contributed by atoms with Gasteiger partial charge in [-0.3, -0.25) is 0 Å². The fourth-order valence-electron chi connectivity index (χ4n) is 3.73. The van der Waals surface area contributed by atoms with Gasteiger partial charge in [-0.1, -0.05) is 19.3 Å². The third-order valence-electron chi connectivity index (χ3n) is 4.92. The van der Waals surface area contributed by atoms with Crippen molar-refractivity contribution in [3.63, 3.8) is 0 Å². The van der Waals surface area contributed by atoms with Crippen LogP contribution in [0.15, 0.2) is 18.3 Å². The Hall–Kier alpha value is -1.42. The van der Waals surface area contributed by atoms with Crippen LogP contribution in [0.25, 0.3) is 11.2 Å². The van der Waals surface area contributed by atoms with Gasteiger partial charge in [-0.2, -0.15) is 0 Å². The quantitative estimate of drug-likeness (QED) is 0.936. The van der Waals surface area contributed by atoms with Crippen LogP contribution < -0.4 is 5.73 Å². The first-order valence-corrected chi connectivity index (χ1v) is 8.17. The van der Waals surface area contributed by atoms with Crippen molar-refractivity contribution in [3.8, 4) is 0 Å². The van der Waals surface area contributed by atoms with Gasteiger partial charge in [0, 0.05) is 18.7 Å². The van der Waals surface area contributed by atoms with Gasteiger partial charge in [0.05, 0.1) is 0 Å². The molecule has 0 amide bonds. The average Bonchev–Trinajstić information content (AvgIpc) is 2.85. The number of nitrogens with zero attached hydrogens (tertiary/aromatic N) is 3. The minimum Gasteiger partial charge on any atom is -0.330 e. The second-order valence-corrected chi connectivity index (χ2v) is 6.78. The molecule has 1 aliphatic carbocycles. The van der Waals surface area contributed by atoms with Crippen molar-refractivity contribution in [2.75, 3.05) is 6.54 Å². The number of hydrogen-bond donors (Lipinski definition) is 1. The molecule has 0 atom stereocenters. The summed E-state index contributed by atoms with van der Waals surface area (Å²) in [7, 11) is 0. The van der Waals surface area contributed by atoms with Crippen molar-refractivity contribution in [1.82, 2.24) is 14.5 Å². The maximum Gasteiger partial charge on any atom is 0.160 e.